The molecule has 0 amide bonds. The first kappa shape index (κ1) is 19.8. The average Bonchev–Trinajstić information content (AvgIpc) is 2.67. The third-order valence-electron chi connectivity index (χ3n) is 4.83. The predicted molar refractivity (Wildman–Crippen MR) is 117 cm³/mol. The van der Waals surface area contributed by atoms with Crippen molar-refractivity contribution in [3.05, 3.63) is 90.2 Å². The number of benzene rings is 3. The van der Waals surface area contributed by atoms with Crippen molar-refractivity contribution in [2.75, 3.05) is 0 Å². The van der Waals surface area contributed by atoms with E-state index in [9.17, 15) is 4.39 Å². The van der Waals surface area contributed by atoms with E-state index in [0.29, 0.717) is 11.1 Å². The van der Waals surface area contributed by atoms with E-state index in [1.807, 2.05) is 42.5 Å². The van der Waals surface area contributed by atoms with E-state index in [2.05, 4.69) is 61.0 Å². The van der Waals surface area contributed by atoms with Crippen molar-refractivity contribution in [3.63, 3.8) is 0 Å². The van der Waals surface area contributed by atoms with Crippen LogP contribution in [0.1, 0.15) is 26.3 Å². The molecule has 3 aromatic carbocycles. The van der Waals surface area contributed by atoms with Gasteiger partial charge in [0.1, 0.15) is 5.75 Å². The minimum Gasteiger partial charge on any atom is -0.532 e. The van der Waals surface area contributed by atoms with Gasteiger partial charge in [0.05, 0.1) is 0 Å². The first-order valence-electron chi connectivity index (χ1n) is 9.03. The molecule has 0 spiro atoms. The van der Waals surface area contributed by atoms with Crippen LogP contribution < -0.4 is 14.8 Å². The van der Waals surface area contributed by atoms with E-state index in [4.69, 9.17) is 4.43 Å². The summed E-state index contributed by atoms with van der Waals surface area (Å²) >= 11 is 3.38. The van der Waals surface area contributed by atoms with Crippen LogP contribution in [0.2, 0.25) is 5.04 Å². The zero-order valence-corrected chi connectivity index (χ0v) is 18.5. The summed E-state index contributed by atoms with van der Waals surface area (Å²) in [5.74, 6) is -0.00562. The number of hydrogen-bond donors (Lipinski definition) is 0. The van der Waals surface area contributed by atoms with Gasteiger partial charge in [-0.2, -0.15) is 0 Å². The highest BCUT2D eigenvalue weighted by Crippen LogP contribution is 2.38. The Kier molecular flexibility index (Phi) is 5.87. The minimum atomic E-state index is -2.80. The lowest BCUT2D eigenvalue weighted by molar-refractivity contribution is 0.468. The summed E-state index contributed by atoms with van der Waals surface area (Å²) in [5, 5.41) is 2.68. The third-order valence-corrected chi connectivity index (χ3v) is 10.4. The van der Waals surface area contributed by atoms with Crippen molar-refractivity contribution in [2.24, 2.45) is 0 Å². The molecule has 27 heavy (non-hydrogen) atoms. The molecule has 0 radical (unpaired) electrons. The zero-order valence-electron chi connectivity index (χ0n) is 15.9. The first-order chi connectivity index (χ1) is 12.9. The lowest BCUT2D eigenvalue weighted by Gasteiger charge is -2.43. The van der Waals surface area contributed by atoms with Gasteiger partial charge >= 0.3 is 8.32 Å². The summed E-state index contributed by atoms with van der Waals surface area (Å²) in [7, 11) is -2.80. The van der Waals surface area contributed by atoms with Crippen molar-refractivity contribution >= 4 is 34.6 Å². The highest BCUT2D eigenvalue weighted by Gasteiger charge is 2.52. The Morgan fingerprint density at radius 3 is 1.78 bits per heavy atom. The van der Waals surface area contributed by atoms with Crippen molar-refractivity contribution in [1.82, 2.24) is 0 Å². The van der Waals surface area contributed by atoms with Crippen molar-refractivity contribution in [1.29, 1.82) is 0 Å². The predicted octanol–water partition coefficient (Wildman–Crippen LogP) is 5.66. The Morgan fingerprint density at radius 2 is 1.37 bits per heavy atom. The van der Waals surface area contributed by atoms with Gasteiger partial charge < -0.3 is 4.43 Å². The van der Waals surface area contributed by atoms with Gasteiger partial charge in [-0.05, 0) is 33.1 Å². The number of rotatable bonds is 5. The van der Waals surface area contributed by atoms with Crippen LogP contribution in [0.15, 0.2) is 78.9 Å². The summed E-state index contributed by atoms with van der Waals surface area (Å²) in [5.41, 5.74) is 0.891. The molecule has 4 heteroatoms. The van der Waals surface area contributed by atoms with Gasteiger partial charge in [0.25, 0.3) is 0 Å². The SMILES string of the molecule is CC(C)(C)[Si](Oc1ccc(CBr)cc1F)(c1ccccc1)c1ccccc1. The van der Waals surface area contributed by atoms with Gasteiger partial charge in [-0.25, -0.2) is 4.39 Å². The van der Waals surface area contributed by atoms with Gasteiger partial charge in [0, 0.05) is 5.33 Å². The van der Waals surface area contributed by atoms with Crippen LogP contribution >= 0.6 is 15.9 Å². The molecule has 0 aliphatic rings. The maximum Gasteiger partial charge on any atom is 0.320 e. The molecular formula is C23H24BrFOSi. The van der Waals surface area contributed by atoms with Crippen molar-refractivity contribution in [3.8, 4) is 5.75 Å². The molecule has 3 aromatic rings. The Morgan fingerprint density at radius 1 is 0.852 bits per heavy atom. The second kappa shape index (κ2) is 7.99. The normalized spacial score (nSPS) is 12.0. The van der Waals surface area contributed by atoms with Crippen molar-refractivity contribution < 1.29 is 8.82 Å². The second-order valence-corrected chi connectivity index (χ2v) is 12.4. The Hall–Kier alpha value is -1.91. The monoisotopic (exact) mass is 442 g/mol. The van der Waals surface area contributed by atoms with E-state index in [-0.39, 0.29) is 10.9 Å². The topological polar surface area (TPSA) is 9.23 Å². The number of halogens is 2. The highest BCUT2D eigenvalue weighted by atomic mass is 79.9. The van der Waals surface area contributed by atoms with Crippen LogP contribution in [0.4, 0.5) is 4.39 Å². The van der Waals surface area contributed by atoms with Gasteiger partial charge in [-0.1, -0.05) is 103 Å². The van der Waals surface area contributed by atoms with Crippen LogP contribution in [-0.2, 0) is 5.33 Å². The molecule has 0 N–H and O–H groups in total. The standard InChI is InChI=1S/C23H24BrFOSi/c1-23(2,3)27(19-10-6-4-7-11-19,20-12-8-5-9-13-20)26-22-15-14-18(17-24)16-21(22)25/h4-16H,17H2,1-3H3. The van der Waals surface area contributed by atoms with Crippen LogP contribution in [0.3, 0.4) is 0 Å². The molecule has 0 saturated heterocycles. The Balaban J connectivity index is 2.24. The fraction of sp³-hybridized carbons (Fsp3) is 0.217. The Labute approximate surface area is 170 Å². The minimum absolute atomic E-state index is 0.198. The van der Waals surface area contributed by atoms with Gasteiger partial charge in [-0.15, -0.1) is 0 Å². The maximum atomic E-state index is 14.9. The highest BCUT2D eigenvalue weighted by molar-refractivity contribution is 9.08. The summed E-state index contributed by atoms with van der Waals surface area (Å²) in [6.45, 7) is 6.55. The lowest BCUT2D eigenvalue weighted by atomic mass is 10.2. The quantitative estimate of drug-likeness (QED) is 0.365. The fourth-order valence-electron chi connectivity index (χ4n) is 3.52. The van der Waals surface area contributed by atoms with E-state index < -0.39 is 8.32 Å². The molecular weight excluding hydrogens is 419 g/mol. The van der Waals surface area contributed by atoms with E-state index in [1.54, 1.807) is 12.1 Å². The second-order valence-electron chi connectivity index (χ2n) is 7.66. The average molecular weight is 443 g/mol. The summed E-state index contributed by atoms with van der Waals surface area (Å²) < 4.78 is 21.6. The largest absolute Gasteiger partial charge is 0.532 e. The van der Waals surface area contributed by atoms with E-state index in [0.717, 1.165) is 15.9 Å². The number of hydrogen-bond acceptors (Lipinski definition) is 1. The van der Waals surface area contributed by atoms with Gasteiger partial charge in [-0.3, -0.25) is 0 Å². The molecule has 0 saturated carbocycles. The molecule has 0 atom stereocenters. The molecule has 0 aromatic heterocycles. The molecule has 0 unspecified atom stereocenters. The molecule has 0 heterocycles. The fourth-order valence-corrected chi connectivity index (χ4v) is 8.30. The summed E-state index contributed by atoms with van der Waals surface area (Å²) in [4.78, 5) is 0. The van der Waals surface area contributed by atoms with Gasteiger partial charge in [0.15, 0.2) is 5.82 Å². The molecule has 140 valence electrons. The molecule has 0 bridgehead atoms. The molecule has 0 aliphatic heterocycles. The lowest BCUT2D eigenvalue weighted by Crippen LogP contribution is -2.68. The summed E-state index contributed by atoms with van der Waals surface area (Å²) in [6, 6.07) is 25.7. The molecule has 0 aliphatic carbocycles. The van der Waals surface area contributed by atoms with Crippen LogP contribution in [0.5, 0.6) is 5.75 Å². The molecule has 1 nitrogen and oxygen atoms in total. The van der Waals surface area contributed by atoms with E-state index >= 15 is 0 Å². The number of alkyl halides is 1. The van der Waals surface area contributed by atoms with Gasteiger partial charge in [0.2, 0.25) is 0 Å². The van der Waals surface area contributed by atoms with Crippen LogP contribution in [0.25, 0.3) is 0 Å². The smallest absolute Gasteiger partial charge is 0.320 e. The van der Waals surface area contributed by atoms with Crippen LogP contribution in [-0.4, -0.2) is 8.32 Å². The third kappa shape index (κ3) is 3.87. The van der Waals surface area contributed by atoms with Crippen LogP contribution in [0, 0.1) is 5.82 Å². The molecule has 3 rings (SSSR count). The Bertz CT molecular complexity index is 852. The van der Waals surface area contributed by atoms with Crippen molar-refractivity contribution in [2.45, 2.75) is 31.1 Å². The van der Waals surface area contributed by atoms with E-state index in [1.165, 1.54) is 0 Å². The maximum absolute atomic E-state index is 14.9. The first-order valence-corrected chi connectivity index (χ1v) is 12.1. The molecule has 0 fully saturated rings. The summed E-state index contributed by atoms with van der Waals surface area (Å²) in [6.07, 6.45) is 0. The zero-order chi connectivity index (χ0) is 19.5.